The molecule has 1 aromatic heterocycles. The number of esters is 1. The van der Waals surface area contributed by atoms with E-state index in [1.807, 2.05) is 41.9 Å². The third-order valence-electron chi connectivity index (χ3n) is 4.34. The summed E-state index contributed by atoms with van der Waals surface area (Å²) in [5.41, 5.74) is 4.20. The normalized spacial score (nSPS) is 10.7. The summed E-state index contributed by atoms with van der Waals surface area (Å²) >= 11 is 0. The van der Waals surface area contributed by atoms with Crippen LogP contribution in [-0.4, -0.2) is 28.0 Å². The van der Waals surface area contributed by atoms with Crippen LogP contribution >= 0.6 is 0 Å². The molecule has 28 heavy (non-hydrogen) atoms. The van der Waals surface area contributed by atoms with Gasteiger partial charge >= 0.3 is 5.97 Å². The van der Waals surface area contributed by atoms with Crippen molar-refractivity contribution in [3.05, 3.63) is 59.4 Å². The number of fused-ring (bicyclic) bond motifs is 1. The van der Waals surface area contributed by atoms with Crippen LogP contribution in [0.2, 0.25) is 0 Å². The molecule has 0 radical (unpaired) electrons. The highest BCUT2D eigenvalue weighted by atomic mass is 16.5. The summed E-state index contributed by atoms with van der Waals surface area (Å²) in [6, 6.07) is 13.3. The zero-order valence-corrected chi connectivity index (χ0v) is 16.3. The van der Waals surface area contributed by atoms with Gasteiger partial charge in [0, 0.05) is 19.7 Å². The molecule has 0 fully saturated rings. The minimum absolute atomic E-state index is 0.204. The number of rotatable bonds is 7. The maximum absolute atomic E-state index is 11.9. The van der Waals surface area contributed by atoms with Gasteiger partial charge < -0.3 is 19.4 Å². The van der Waals surface area contributed by atoms with Crippen LogP contribution in [-0.2, 0) is 29.7 Å². The lowest BCUT2D eigenvalue weighted by atomic mass is 10.2. The smallest absolute Gasteiger partial charge is 0.338 e. The van der Waals surface area contributed by atoms with Crippen molar-refractivity contribution in [3.63, 3.8) is 0 Å². The molecule has 3 aromatic rings. The van der Waals surface area contributed by atoms with E-state index >= 15 is 0 Å². The first-order valence-electron chi connectivity index (χ1n) is 9.11. The number of carbonyl (C=O) groups is 1. The first-order valence-corrected chi connectivity index (χ1v) is 9.11. The molecule has 0 unspecified atom stereocenters. The molecule has 0 atom stereocenters. The molecule has 0 bridgehead atoms. The highest BCUT2D eigenvalue weighted by molar-refractivity contribution is 5.93. The highest BCUT2D eigenvalue weighted by Crippen LogP contribution is 2.19. The summed E-state index contributed by atoms with van der Waals surface area (Å²) in [7, 11) is 1.95. The Bertz CT molecular complexity index is 993. The summed E-state index contributed by atoms with van der Waals surface area (Å²) in [6.07, 6.45) is 0. The Balaban J connectivity index is 1.69. The van der Waals surface area contributed by atoms with Crippen molar-refractivity contribution in [3.8, 4) is 0 Å². The lowest BCUT2D eigenvalue weighted by Crippen LogP contribution is -2.06. The molecule has 0 saturated carbocycles. The monoisotopic (exact) mass is 380 g/mol. The Kier molecular flexibility index (Phi) is 5.93. The van der Waals surface area contributed by atoms with Crippen molar-refractivity contribution < 1.29 is 14.3 Å². The minimum atomic E-state index is -0.336. The number of aromatic nitrogens is 2. The van der Waals surface area contributed by atoms with E-state index in [0.29, 0.717) is 25.3 Å². The fraction of sp³-hybridized carbons (Fsp3) is 0.286. The molecule has 1 heterocycles. The number of nitrogens with one attached hydrogen (secondary N) is 2. The molecule has 7 heteroatoms. The van der Waals surface area contributed by atoms with E-state index in [1.165, 1.54) is 0 Å². The average molecular weight is 380 g/mol. The van der Waals surface area contributed by atoms with E-state index in [9.17, 15) is 4.79 Å². The van der Waals surface area contributed by atoms with Gasteiger partial charge in [0.1, 0.15) is 12.4 Å². The third-order valence-corrected chi connectivity index (χ3v) is 4.34. The number of benzene rings is 2. The maximum Gasteiger partial charge on any atom is 0.338 e. The van der Waals surface area contributed by atoms with Crippen LogP contribution in [0.15, 0.2) is 42.5 Å². The second-order valence-electron chi connectivity index (χ2n) is 6.41. The van der Waals surface area contributed by atoms with Gasteiger partial charge in [-0.1, -0.05) is 12.1 Å². The van der Waals surface area contributed by atoms with Gasteiger partial charge in [0.05, 0.1) is 29.7 Å². The zero-order valence-electron chi connectivity index (χ0n) is 16.3. The van der Waals surface area contributed by atoms with Gasteiger partial charge in [-0.05, 0) is 42.8 Å². The summed E-state index contributed by atoms with van der Waals surface area (Å²) in [4.78, 5) is 16.6. The van der Waals surface area contributed by atoms with Gasteiger partial charge in [-0.3, -0.25) is 5.41 Å². The second kappa shape index (κ2) is 8.56. The van der Waals surface area contributed by atoms with Gasteiger partial charge in [-0.2, -0.15) is 0 Å². The molecular formula is C21H24N4O3. The SMILES string of the molecule is CCOC(=O)c1ccc2c(c1)nc(CNc1ccc(COC(C)=N)cc1)n2C. The van der Waals surface area contributed by atoms with E-state index in [2.05, 4.69) is 10.3 Å². The Morgan fingerprint density at radius 1 is 1.18 bits per heavy atom. The number of aryl methyl sites for hydroxylation is 1. The fourth-order valence-electron chi connectivity index (χ4n) is 2.84. The quantitative estimate of drug-likeness (QED) is 0.369. The van der Waals surface area contributed by atoms with Crippen LogP contribution in [0.5, 0.6) is 0 Å². The van der Waals surface area contributed by atoms with Crippen molar-refractivity contribution in [2.45, 2.75) is 27.0 Å². The van der Waals surface area contributed by atoms with Gasteiger partial charge in [-0.15, -0.1) is 0 Å². The van der Waals surface area contributed by atoms with E-state index in [0.717, 1.165) is 28.1 Å². The van der Waals surface area contributed by atoms with Crippen LogP contribution in [0.4, 0.5) is 5.69 Å². The van der Waals surface area contributed by atoms with E-state index in [-0.39, 0.29) is 11.9 Å². The van der Waals surface area contributed by atoms with Crippen LogP contribution < -0.4 is 5.32 Å². The Hall–Kier alpha value is -3.35. The molecule has 0 aliphatic carbocycles. The number of nitrogens with zero attached hydrogens (tertiary/aromatic N) is 2. The largest absolute Gasteiger partial charge is 0.477 e. The Morgan fingerprint density at radius 3 is 2.61 bits per heavy atom. The molecule has 0 saturated heterocycles. The molecule has 2 aromatic carbocycles. The van der Waals surface area contributed by atoms with Crippen LogP contribution in [0.1, 0.15) is 35.6 Å². The maximum atomic E-state index is 11.9. The predicted octanol–water partition coefficient (Wildman–Crippen LogP) is 3.88. The first kappa shape index (κ1) is 19.4. The molecule has 7 nitrogen and oxygen atoms in total. The molecule has 0 aliphatic rings. The lowest BCUT2D eigenvalue weighted by molar-refractivity contribution is 0.0526. The average Bonchev–Trinajstić information content (AvgIpc) is 3.01. The third kappa shape index (κ3) is 4.49. The zero-order chi connectivity index (χ0) is 20.1. The fourth-order valence-corrected chi connectivity index (χ4v) is 2.84. The molecule has 0 aliphatic heterocycles. The number of hydrogen-bond donors (Lipinski definition) is 2. The van der Waals surface area contributed by atoms with Crippen molar-refractivity contribution in [2.24, 2.45) is 7.05 Å². The van der Waals surface area contributed by atoms with Crippen molar-refractivity contribution in [1.82, 2.24) is 9.55 Å². The topological polar surface area (TPSA) is 89.2 Å². The van der Waals surface area contributed by atoms with Crippen molar-refractivity contribution in [2.75, 3.05) is 11.9 Å². The predicted molar refractivity (Wildman–Crippen MR) is 109 cm³/mol. The van der Waals surface area contributed by atoms with Gasteiger partial charge in [0.2, 0.25) is 0 Å². The number of anilines is 1. The summed E-state index contributed by atoms with van der Waals surface area (Å²) < 4.78 is 12.3. The van der Waals surface area contributed by atoms with Crippen molar-refractivity contribution >= 4 is 28.6 Å². The molecular weight excluding hydrogens is 356 g/mol. The number of carbonyl (C=O) groups excluding carboxylic acids is 1. The summed E-state index contributed by atoms with van der Waals surface area (Å²) in [5.74, 6) is 0.732. The molecule has 0 spiro atoms. The van der Waals surface area contributed by atoms with Gasteiger partial charge in [0.15, 0.2) is 5.90 Å². The van der Waals surface area contributed by atoms with Gasteiger partial charge in [0.25, 0.3) is 0 Å². The molecule has 0 amide bonds. The Labute approximate surface area is 163 Å². The van der Waals surface area contributed by atoms with E-state index < -0.39 is 0 Å². The highest BCUT2D eigenvalue weighted by Gasteiger charge is 2.12. The number of hydrogen-bond acceptors (Lipinski definition) is 6. The van der Waals surface area contributed by atoms with Crippen LogP contribution in [0.3, 0.4) is 0 Å². The minimum Gasteiger partial charge on any atom is -0.477 e. The number of imidazole rings is 1. The van der Waals surface area contributed by atoms with Crippen LogP contribution in [0, 0.1) is 5.41 Å². The summed E-state index contributed by atoms with van der Waals surface area (Å²) in [5, 5.41) is 10.7. The molecule has 2 N–H and O–H groups in total. The Morgan fingerprint density at radius 2 is 1.93 bits per heavy atom. The standard InChI is InChI=1S/C21H24N4O3/c1-4-27-21(26)16-7-10-19-18(11-16)24-20(25(19)3)12-23-17-8-5-15(6-9-17)13-28-14(2)22/h5-11,22-23H,4,12-13H2,1-3H3. The van der Waals surface area contributed by atoms with Gasteiger partial charge in [-0.25, -0.2) is 9.78 Å². The van der Waals surface area contributed by atoms with E-state index in [4.69, 9.17) is 14.9 Å². The van der Waals surface area contributed by atoms with Crippen molar-refractivity contribution in [1.29, 1.82) is 5.41 Å². The molecule has 146 valence electrons. The van der Waals surface area contributed by atoms with E-state index in [1.54, 1.807) is 26.0 Å². The molecule has 3 rings (SSSR count). The first-order chi connectivity index (χ1) is 13.5. The lowest BCUT2D eigenvalue weighted by Gasteiger charge is -2.08. The number of ether oxygens (including phenoxy) is 2. The second-order valence-corrected chi connectivity index (χ2v) is 6.41. The van der Waals surface area contributed by atoms with Crippen LogP contribution in [0.25, 0.3) is 11.0 Å². The summed E-state index contributed by atoms with van der Waals surface area (Å²) in [6.45, 7) is 4.69.